The van der Waals surface area contributed by atoms with Crippen molar-refractivity contribution in [3.63, 3.8) is 0 Å². The predicted octanol–water partition coefficient (Wildman–Crippen LogP) is 1.44. The molecule has 9 heteroatoms. The van der Waals surface area contributed by atoms with E-state index in [1.165, 1.54) is 31.2 Å². The summed E-state index contributed by atoms with van der Waals surface area (Å²) in [6.45, 7) is 1.40. The summed E-state index contributed by atoms with van der Waals surface area (Å²) in [5.41, 5.74) is 0. The molecule has 0 radical (unpaired) electrons. The molecule has 0 spiro atoms. The maximum absolute atomic E-state index is 12.6. The number of carbonyl (C=O) groups is 3. The summed E-state index contributed by atoms with van der Waals surface area (Å²) in [4.78, 5) is 34.3. The number of esters is 3. The molecule has 0 fully saturated rings. The standard InChI is InChI=1S/C18H22O8S/c1-14(19)25-11-7-4-8-12-26-17(20)13-16(18(21)24-2)27(22,23)15-9-5-3-6-10-15/h3-7,9-10,16H,8,11-13H2,1-2H3/b7-4+. The Labute approximate surface area is 158 Å². The van der Waals surface area contributed by atoms with Crippen molar-refractivity contribution >= 4 is 27.7 Å². The SMILES string of the molecule is COC(=O)C(CC(=O)OCC/C=C/COC(C)=O)S(=O)(=O)c1ccccc1. The number of benzene rings is 1. The van der Waals surface area contributed by atoms with E-state index in [4.69, 9.17) is 4.74 Å². The van der Waals surface area contributed by atoms with Crippen LogP contribution in [-0.4, -0.2) is 51.9 Å². The first kappa shape index (κ1) is 22.4. The maximum atomic E-state index is 12.6. The van der Waals surface area contributed by atoms with Gasteiger partial charge in [-0.3, -0.25) is 14.4 Å². The highest BCUT2D eigenvalue weighted by Crippen LogP contribution is 2.20. The Balaban J connectivity index is 2.63. The Morgan fingerprint density at radius 2 is 1.74 bits per heavy atom. The molecule has 0 aliphatic rings. The number of methoxy groups -OCH3 is 1. The highest BCUT2D eigenvalue weighted by atomic mass is 32.2. The summed E-state index contributed by atoms with van der Waals surface area (Å²) < 4.78 is 39.4. The molecule has 1 atom stereocenters. The first-order valence-corrected chi connectivity index (χ1v) is 9.64. The smallest absolute Gasteiger partial charge is 0.325 e. The van der Waals surface area contributed by atoms with E-state index >= 15 is 0 Å². The summed E-state index contributed by atoms with van der Waals surface area (Å²) in [6, 6.07) is 7.34. The zero-order chi connectivity index (χ0) is 20.3. The lowest BCUT2D eigenvalue weighted by atomic mass is 10.3. The fraction of sp³-hybridized carbons (Fsp3) is 0.389. The van der Waals surface area contributed by atoms with Gasteiger partial charge in [0.15, 0.2) is 15.1 Å². The van der Waals surface area contributed by atoms with Crippen LogP contribution in [0.5, 0.6) is 0 Å². The van der Waals surface area contributed by atoms with Crippen LogP contribution in [0.3, 0.4) is 0 Å². The third-order valence-electron chi connectivity index (χ3n) is 3.36. The molecule has 0 saturated heterocycles. The van der Waals surface area contributed by atoms with Gasteiger partial charge >= 0.3 is 17.9 Å². The average Bonchev–Trinajstić information content (AvgIpc) is 2.65. The molecule has 8 nitrogen and oxygen atoms in total. The number of rotatable bonds is 10. The van der Waals surface area contributed by atoms with Crippen LogP contribution in [0.4, 0.5) is 0 Å². The van der Waals surface area contributed by atoms with Gasteiger partial charge in [0.05, 0.1) is 25.0 Å². The zero-order valence-electron chi connectivity index (χ0n) is 15.1. The molecule has 0 aliphatic carbocycles. The van der Waals surface area contributed by atoms with E-state index in [9.17, 15) is 22.8 Å². The molecule has 0 saturated carbocycles. The van der Waals surface area contributed by atoms with Gasteiger partial charge in [0, 0.05) is 6.92 Å². The fourth-order valence-corrected chi connectivity index (χ4v) is 3.60. The van der Waals surface area contributed by atoms with E-state index in [2.05, 4.69) is 9.47 Å². The minimum atomic E-state index is -4.10. The van der Waals surface area contributed by atoms with Crippen LogP contribution < -0.4 is 0 Å². The highest BCUT2D eigenvalue weighted by molar-refractivity contribution is 7.92. The molecule has 27 heavy (non-hydrogen) atoms. The second-order valence-corrected chi connectivity index (χ2v) is 7.49. The van der Waals surface area contributed by atoms with E-state index in [0.29, 0.717) is 6.42 Å². The zero-order valence-corrected chi connectivity index (χ0v) is 15.9. The largest absolute Gasteiger partial charge is 0.468 e. The van der Waals surface area contributed by atoms with Crippen molar-refractivity contribution in [2.24, 2.45) is 0 Å². The number of ether oxygens (including phenoxy) is 3. The summed E-state index contributed by atoms with van der Waals surface area (Å²) in [5, 5.41) is -1.68. The van der Waals surface area contributed by atoms with Crippen LogP contribution in [0.15, 0.2) is 47.4 Å². The molecular weight excluding hydrogens is 376 g/mol. The minimum absolute atomic E-state index is 0.00528. The predicted molar refractivity (Wildman–Crippen MR) is 95.4 cm³/mol. The van der Waals surface area contributed by atoms with E-state index < -0.39 is 39.4 Å². The van der Waals surface area contributed by atoms with Gasteiger partial charge in [0.2, 0.25) is 0 Å². The monoisotopic (exact) mass is 398 g/mol. The van der Waals surface area contributed by atoms with Crippen molar-refractivity contribution in [1.29, 1.82) is 0 Å². The van der Waals surface area contributed by atoms with Crippen LogP contribution in [-0.2, 0) is 38.4 Å². The first-order chi connectivity index (χ1) is 12.8. The lowest BCUT2D eigenvalue weighted by Crippen LogP contribution is -2.34. The van der Waals surface area contributed by atoms with Crippen molar-refractivity contribution in [1.82, 2.24) is 0 Å². The van der Waals surface area contributed by atoms with Crippen molar-refractivity contribution in [2.45, 2.75) is 29.9 Å². The lowest BCUT2D eigenvalue weighted by Gasteiger charge is -2.15. The molecule has 1 unspecified atom stereocenters. The molecule has 0 amide bonds. The van der Waals surface area contributed by atoms with E-state index in [0.717, 1.165) is 7.11 Å². The van der Waals surface area contributed by atoms with E-state index in [1.807, 2.05) is 0 Å². The maximum Gasteiger partial charge on any atom is 0.325 e. The molecule has 1 aromatic rings. The molecule has 1 aromatic carbocycles. The summed E-state index contributed by atoms with van der Waals surface area (Å²) in [6.07, 6.45) is 2.93. The van der Waals surface area contributed by atoms with Crippen molar-refractivity contribution in [2.75, 3.05) is 20.3 Å². The number of sulfone groups is 1. The fourth-order valence-electron chi connectivity index (χ4n) is 2.03. The number of hydrogen-bond acceptors (Lipinski definition) is 8. The van der Waals surface area contributed by atoms with Gasteiger partial charge in [-0.15, -0.1) is 0 Å². The summed E-state index contributed by atoms with van der Waals surface area (Å²) in [7, 11) is -3.05. The van der Waals surface area contributed by atoms with Crippen LogP contribution >= 0.6 is 0 Å². The molecule has 0 N–H and O–H groups in total. The van der Waals surface area contributed by atoms with Crippen molar-refractivity contribution in [3.05, 3.63) is 42.5 Å². The van der Waals surface area contributed by atoms with Gasteiger partial charge in [-0.2, -0.15) is 0 Å². The molecular formula is C18H22O8S. The molecule has 0 aliphatic heterocycles. The second-order valence-electron chi connectivity index (χ2n) is 5.36. The van der Waals surface area contributed by atoms with Crippen LogP contribution in [0.1, 0.15) is 19.8 Å². The molecule has 1 rings (SSSR count). The Morgan fingerprint density at radius 3 is 2.33 bits per heavy atom. The molecule has 0 heterocycles. The van der Waals surface area contributed by atoms with Crippen molar-refractivity contribution < 1.29 is 37.0 Å². The molecule has 0 bridgehead atoms. The minimum Gasteiger partial charge on any atom is -0.468 e. The van der Waals surface area contributed by atoms with Crippen LogP contribution in [0.2, 0.25) is 0 Å². The lowest BCUT2D eigenvalue weighted by molar-refractivity contribution is -0.148. The third kappa shape index (κ3) is 7.61. The van der Waals surface area contributed by atoms with E-state index in [1.54, 1.807) is 18.2 Å². The highest BCUT2D eigenvalue weighted by Gasteiger charge is 2.37. The Bertz CT molecular complexity index is 768. The second kappa shape index (κ2) is 11.1. The van der Waals surface area contributed by atoms with Gasteiger partial charge < -0.3 is 14.2 Å². The van der Waals surface area contributed by atoms with Gasteiger partial charge in [-0.25, -0.2) is 8.42 Å². The first-order valence-electron chi connectivity index (χ1n) is 8.09. The van der Waals surface area contributed by atoms with Gasteiger partial charge in [0.25, 0.3) is 0 Å². The summed E-state index contributed by atoms with van der Waals surface area (Å²) in [5.74, 6) is -2.27. The summed E-state index contributed by atoms with van der Waals surface area (Å²) >= 11 is 0. The number of hydrogen-bond donors (Lipinski definition) is 0. The van der Waals surface area contributed by atoms with Crippen LogP contribution in [0, 0.1) is 0 Å². The molecule has 0 aromatic heterocycles. The van der Waals surface area contributed by atoms with Gasteiger partial charge in [-0.1, -0.05) is 30.4 Å². The van der Waals surface area contributed by atoms with Gasteiger partial charge in [-0.05, 0) is 18.6 Å². The Morgan fingerprint density at radius 1 is 1.07 bits per heavy atom. The Kier molecular flexibility index (Phi) is 9.21. The normalized spacial score (nSPS) is 12.4. The van der Waals surface area contributed by atoms with E-state index in [-0.39, 0.29) is 18.1 Å². The third-order valence-corrected chi connectivity index (χ3v) is 5.40. The Hall–Kier alpha value is -2.68. The topological polar surface area (TPSA) is 113 Å². The number of carbonyl (C=O) groups excluding carboxylic acids is 3. The quantitative estimate of drug-likeness (QED) is 0.252. The van der Waals surface area contributed by atoms with Crippen molar-refractivity contribution in [3.8, 4) is 0 Å². The van der Waals surface area contributed by atoms with Crippen LogP contribution in [0.25, 0.3) is 0 Å². The average molecular weight is 398 g/mol. The van der Waals surface area contributed by atoms with Gasteiger partial charge in [0.1, 0.15) is 6.61 Å². The molecule has 148 valence electrons.